The molecular formula is C21H24NO5-. The van der Waals surface area contributed by atoms with Crippen molar-refractivity contribution >= 4 is 12.1 Å². The molecule has 2 aromatic carbocycles. The van der Waals surface area contributed by atoms with Gasteiger partial charge in [-0.05, 0) is 44.0 Å². The van der Waals surface area contributed by atoms with Crippen molar-refractivity contribution in [2.24, 2.45) is 0 Å². The molecule has 0 spiro atoms. The molecule has 0 aliphatic rings. The summed E-state index contributed by atoms with van der Waals surface area (Å²) < 4.78 is 10.9. The van der Waals surface area contributed by atoms with Crippen molar-refractivity contribution in [2.45, 2.75) is 45.4 Å². The van der Waals surface area contributed by atoms with E-state index in [1.807, 2.05) is 30.3 Å². The van der Waals surface area contributed by atoms with Gasteiger partial charge in [-0.2, -0.15) is 0 Å². The standard InChI is InChI=1S/C21H25NO5/c1-21(2,3)27-20(25)22-18(13-19(23)24)16-9-11-17(12-10-16)26-14-15-7-5-4-6-8-15/h4-12,18H,13-14H2,1-3H3,(H,22,25)(H,23,24)/p-1/t18-/m1/s1. The molecular weight excluding hydrogens is 346 g/mol. The van der Waals surface area contributed by atoms with Crippen LogP contribution in [-0.2, 0) is 16.1 Å². The second-order valence-corrected chi connectivity index (χ2v) is 7.12. The highest BCUT2D eigenvalue weighted by molar-refractivity contribution is 5.71. The molecule has 27 heavy (non-hydrogen) atoms. The number of carbonyl (C=O) groups excluding carboxylic acids is 2. The molecule has 6 heteroatoms. The van der Waals surface area contributed by atoms with Crippen LogP contribution in [0.4, 0.5) is 4.79 Å². The third-order valence-corrected chi connectivity index (χ3v) is 3.59. The Morgan fingerprint density at radius 3 is 2.22 bits per heavy atom. The van der Waals surface area contributed by atoms with E-state index < -0.39 is 23.7 Å². The monoisotopic (exact) mass is 370 g/mol. The molecule has 2 rings (SSSR count). The van der Waals surface area contributed by atoms with Crippen LogP contribution in [0.1, 0.15) is 44.4 Å². The minimum atomic E-state index is -1.26. The number of ether oxygens (including phenoxy) is 2. The summed E-state index contributed by atoms with van der Waals surface area (Å²) in [5.41, 5.74) is 0.991. The number of benzene rings is 2. The lowest BCUT2D eigenvalue weighted by Crippen LogP contribution is -2.37. The van der Waals surface area contributed by atoms with Crippen LogP contribution in [0.3, 0.4) is 0 Å². The summed E-state index contributed by atoms with van der Waals surface area (Å²) >= 11 is 0. The predicted octanol–water partition coefficient (Wildman–Crippen LogP) is 2.97. The Hall–Kier alpha value is -3.02. The maximum atomic E-state index is 12.0. The molecule has 0 aliphatic carbocycles. The Kier molecular flexibility index (Phi) is 6.82. The number of carboxylic acid groups (broad SMARTS) is 1. The van der Waals surface area contributed by atoms with Gasteiger partial charge in [-0.1, -0.05) is 42.5 Å². The fourth-order valence-electron chi connectivity index (χ4n) is 2.41. The zero-order chi connectivity index (χ0) is 19.9. The largest absolute Gasteiger partial charge is 0.550 e. The van der Waals surface area contributed by atoms with Crippen LogP contribution < -0.4 is 15.2 Å². The normalized spacial score (nSPS) is 12.1. The van der Waals surface area contributed by atoms with E-state index in [4.69, 9.17) is 9.47 Å². The molecule has 6 nitrogen and oxygen atoms in total. The van der Waals surface area contributed by atoms with Crippen LogP contribution in [0.2, 0.25) is 0 Å². The lowest BCUT2D eigenvalue weighted by Gasteiger charge is -2.24. The molecule has 1 N–H and O–H groups in total. The van der Waals surface area contributed by atoms with Crippen LogP contribution in [0.25, 0.3) is 0 Å². The number of rotatable bonds is 7. The van der Waals surface area contributed by atoms with E-state index >= 15 is 0 Å². The molecule has 2 aromatic rings. The van der Waals surface area contributed by atoms with Crippen molar-refractivity contribution in [3.05, 3.63) is 65.7 Å². The maximum absolute atomic E-state index is 12.0. The molecule has 144 valence electrons. The smallest absolute Gasteiger partial charge is 0.408 e. The van der Waals surface area contributed by atoms with Crippen LogP contribution in [0.15, 0.2) is 54.6 Å². The van der Waals surface area contributed by atoms with E-state index in [9.17, 15) is 14.7 Å². The summed E-state index contributed by atoms with van der Waals surface area (Å²) in [7, 11) is 0. The summed E-state index contributed by atoms with van der Waals surface area (Å²) in [6.45, 7) is 5.64. The van der Waals surface area contributed by atoms with Crippen molar-refractivity contribution in [1.29, 1.82) is 0 Å². The average Bonchev–Trinajstić information content (AvgIpc) is 2.59. The van der Waals surface area contributed by atoms with Crippen molar-refractivity contribution in [3.63, 3.8) is 0 Å². The van der Waals surface area contributed by atoms with Gasteiger partial charge in [0.15, 0.2) is 0 Å². The van der Waals surface area contributed by atoms with E-state index in [2.05, 4.69) is 5.32 Å². The van der Waals surface area contributed by atoms with Gasteiger partial charge in [-0.25, -0.2) is 4.79 Å². The number of nitrogens with one attached hydrogen (secondary N) is 1. The Balaban J connectivity index is 2.02. The van der Waals surface area contributed by atoms with E-state index in [1.165, 1.54) is 0 Å². The van der Waals surface area contributed by atoms with Gasteiger partial charge in [0.1, 0.15) is 18.0 Å². The quantitative estimate of drug-likeness (QED) is 0.809. The number of hydrogen-bond donors (Lipinski definition) is 1. The van der Waals surface area contributed by atoms with Gasteiger partial charge >= 0.3 is 6.09 Å². The topological polar surface area (TPSA) is 87.7 Å². The van der Waals surface area contributed by atoms with Gasteiger partial charge in [-0.15, -0.1) is 0 Å². The van der Waals surface area contributed by atoms with Crippen LogP contribution in [0.5, 0.6) is 5.75 Å². The highest BCUT2D eigenvalue weighted by Gasteiger charge is 2.20. The minimum Gasteiger partial charge on any atom is -0.550 e. The summed E-state index contributed by atoms with van der Waals surface area (Å²) in [6, 6.07) is 15.9. The number of amides is 1. The molecule has 0 saturated heterocycles. The second-order valence-electron chi connectivity index (χ2n) is 7.12. The molecule has 0 heterocycles. The first-order valence-electron chi connectivity index (χ1n) is 8.69. The lowest BCUT2D eigenvalue weighted by atomic mass is 10.0. The Labute approximate surface area is 159 Å². The van der Waals surface area contributed by atoms with Crippen LogP contribution >= 0.6 is 0 Å². The van der Waals surface area contributed by atoms with E-state index in [-0.39, 0.29) is 6.42 Å². The van der Waals surface area contributed by atoms with Crippen molar-refractivity contribution in [1.82, 2.24) is 5.32 Å². The molecule has 1 amide bonds. The number of aliphatic carboxylic acids is 1. The summed E-state index contributed by atoms with van der Waals surface area (Å²) in [5, 5.41) is 13.6. The number of alkyl carbamates (subject to hydrolysis) is 1. The second kappa shape index (κ2) is 9.07. The highest BCUT2D eigenvalue weighted by Crippen LogP contribution is 2.22. The Morgan fingerprint density at radius 1 is 1.04 bits per heavy atom. The molecule has 0 aliphatic heterocycles. The van der Waals surface area contributed by atoms with E-state index in [0.29, 0.717) is 17.9 Å². The molecule has 0 aromatic heterocycles. The molecule has 0 unspecified atom stereocenters. The highest BCUT2D eigenvalue weighted by atomic mass is 16.6. The summed E-state index contributed by atoms with van der Waals surface area (Å²) in [6.07, 6.45) is -1.04. The zero-order valence-electron chi connectivity index (χ0n) is 15.7. The van der Waals surface area contributed by atoms with Crippen molar-refractivity contribution < 1.29 is 24.2 Å². The SMILES string of the molecule is CC(C)(C)OC(=O)N[C@H](CC(=O)[O-])c1ccc(OCc2ccccc2)cc1. The van der Waals surface area contributed by atoms with Gasteiger partial charge < -0.3 is 24.7 Å². The molecule has 0 saturated carbocycles. The molecule has 0 fully saturated rings. The van der Waals surface area contributed by atoms with E-state index in [0.717, 1.165) is 5.56 Å². The lowest BCUT2D eigenvalue weighted by molar-refractivity contribution is -0.306. The van der Waals surface area contributed by atoms with Crippen LogP contribution in [-0.4, -0.2) is 17.7 Å². The fourth-order valence-corrected chi connectivity index (χ4v) is 2.41. The first-order chi connectivity index (χ1) is 12.7. The first kappa shape index (κ1) is 20.3. The summed E-state index contributed by atoms with van der Waals surface area (Å²) in [4.78, 5) is 23.0. The third-order valence-electron chi connectivity index (χ3n) is 3.59. The van der Waals surface area contributed by atoms with Crippen LogP contribution in [0, 0.1) is 0 Å². The number of carboxylic acids is 1. The molecule has 0 radical (unpaired) electrons. The fraction of sp³-hybridized carbons (Fsp3) is 0.333. The third kappa shape index (κ3) is 7.40. The van der Waals surface area contributed by atoms with Gasteiger partial charge in [0.25, 0.3) is 0 Å². The predicted molar refractivity (Wildman–Crippen MR) is 99.0 cm³/mol. The van der Waals surface area contributed by atoms with Gasteiger partial charge in [-0.3, -0.25) is 0 Å². The average molecular weight is 370 g/mol. The first-order valence-corrected chi connectivity index (χ1v) is 8.69. The van der Waals surface area contributed by atoms with Crippen molar-refractivity contribution in [2.75, 3.05) is 0 Å². The Morgan fingerprint density at radius 2 is 1.67 bits per heavy atom. The zero-order valence-corrected chi connectivity index (χ0v) is 15.7. The Bertz CT molecular complexity index is 750. The maximum Gasteiger partial charge on any atom is 0.408 e. The minimum absolute atomic E-state index is 0.358. The summed E-state index contributed by atoms with van der Waals surface area (Å²) in [5.74, 6) is -0.618. The van der Waals surface area contributed by atoms with E-state index in [1.54, 1.807) is 45.0 Å². The molecule has 0 bridgehead atoms. The molecule has 1 atom stereocenters. The van der Waals surface area contributed by atoms with Crippen molar-refractivity contribution in [3.8, 4) is 5.75 Å². The van der Waals surface area contributed by atoms with Gasteiger partial charge in [0.05, 0.1) is 6.04 Å². The number of carbonyl (C=O) groups is 2. The van der Waals surface area contributed by atoms with Gasteiger partial charge in [0.2, 0.25) is 0 Å². The van der Waals surface area contributed by atoms with Gasteiger partial charge in [0, 0.05) is 12.4 Å². The number of hydrogen-bond acceptors (Lipinski definition) is 5.